The third-order valence-corrected chi connectivity index (χ3v) is 4.12. The summed E-state index contributed by atoms with van der Waals surface area (Å²) in [5.41, 5.74) is 2.34. The van der Waals surface area contributed by atoms with Crippen LogP contribution in [0, 0.1) is 0 Å². The zero-order valence-electron chi connectivity index (χ0n) is 14.5. The fourth-order valence-electron chi connectivity index (χ4n) is 2.71. The van der Waals surface area contributed by atoms with Gasteiger partial charge < -0.3 is 24.5 Å². The van der Waals surface area contributed by atoms with Gasteiger partial charge in [0.25, 0.3) is 5.91 Å². The zero-order valence-corrected chi connectivity index (χ0v) is 14.5. The van der Waals surface area contributed by atoms with E-state index in [4.69, 9.17) is 14.2 Å². The molecule has 3 aromatic rings. The number of benzene rings is 2. The number of ether oxygens (including phenoxy) is 3. The highest BCUT2D eigenvalue weighted by atomic mass is 16.6. The van der Waals surface area contributed by atoms with E-state index >= 15 is 0 Å². The quantitative estimate of drug-likeness (QED) is 0.687. The van der Waals surface area contributed by atoms with Crippen molar-refractivity contribution in [2.75, 3.05) is 18.5 Å². The number of nitrogens with one attached hydrogen (secondary N) is 2. The van der Waals surface area contributed by atoms with Crippen LogP contribution >= 0.6 is 0 Å². The number of hydrogen-bond donors (Lipinski definition) is 2. The molecule has 0 aliphatic carbocycles. The van der Waals surface area contributed by atoms with E-state index in [2.05, 4.69) is 15.3 Å². The Morgan fingerprint density at radius 2 is 1.96 bits per heavy atom. The molecule has 0 saturated carbocycles. The number of fused-ring (bicyclic) bond motifs is 2. The van der Waals surface area contributed by atoms with E-state index in [1.165, 1.54) is 6.92 Å². The van der Waals surface area contributed by atoms with Gasteiger partial charge in [-0.2, -0.15) is 0 Å². The number of hydrogen-bond acceptors (Lipinski definition) is 6. The molecular formula is C19H17N3O5. The van der Waals surface area contributed by atoms with Crippen LogP contribution in [0.25, 0.3) is 11.0 Å². The molecule has 2 aromatic carbocycles. The molecule has 0 spiro atoms. The maximum atomic E-state index is 12.3. The van der Waals surface area contributed by atoms with Crippen molar-refractivity contribution in [1.82, 2.24) is 9.97 Å². The molecule has 0 bridgehead atoms. The number of aromatic amines is 1. The number of carbonyl (C=O) groups excluding carboxylic acids is 2. The lowest BCUT2D eigenvalue weighted by molar-refractivity contribution is -0.123. The maximum absolute atomic E-state index is 12.3. The number of anilines is 1. The van der Waals surface area contributed by atoms with Gasteiger partial charge in [0.1, 0.15) is 13.2 Å². The fraction of sp³-hybridized carbons (Fsp3) is 0.211. The normalized spacial score (nSPS) is 13.8. The second-order valence-corrected chi connectivity index (χ2v) is 6.03. The monoisotopic (exact) mass is 367 g/mol. The SMILES string of the molecule is CC(OC(=O)c1ccc2nc[nH]c2c1)C(=O)Nc1ccc2c(c1)OCCO2. The Morgan fingerprint density at radius 3 is 2.81 bits per heavy atom. The van der Waals surface area contributed by atoms with Gasteiger partial charge in [-0.3, -0.25) is 4.79 Å². The molecule has 0 radical (unpaired) electrons. The third kappa shape index (κ3) is 3.55. The van der Waals surface area contributed by atoms with Gasteiger partial charge in [0.05, 0.1) is 22.9 Å². The van der Waals surface area contributed by atoms with Gasteiger partial charge in [-0.1, -0.05) is 0 Å². The standard InChI is InChI=1S/C19H17N3O5/c1-11(27-19(24)12-2-4-14-15(8-12)21-10-20-14)18(23)22-13-3-5-16-17(9-13)26-7-6-25-16/h2-5,8-11H,6-7H2,1H3,(H,20,21)(H,22,23). The molecule has 4 rings (SSSR count). The first-order valence-electron chi connectivity index (χ1n) is 8.45. The van der Waals surface area contributed by atoms with Gasteiger partial charge in [0, 0.05) is 11.8 Å². The molecule has 138 valence electrons. The Bertz CT molecular complexity index is 1010. The van der Waals surface area contributed by atoms with Crippen LogP contribution < -0.4 is 14.8 Å². The van der Waals surface area contributed by atoms with Crippen molar-refractivity contribution in [3.63, 3.8) is 0 Å². The number of H-pyrrole nitrogens is 1. The van der Waals surface area contributed by atoms with Crippen molar-refractivity contribution in [3.05, 3.63) is 48.3 Å². The predicted molar refractivity (Wildman–Crippen MR) is 97.0 cm³/mol. The third-order valence-electron chi connectivity index (χ3n) is 4.12. The first kappa shape index (κ1) is 16.9. The molecule has 1 aliphatic heterocycles. The van der Waals surface area contributed by atoms with Gasteiger partial charge in [-0.05, 0) is 37.3 Å². The first-order valence-corrected chi connectivity index (χ1v) is 8.45. The summed E-state index contributed by atoms with van der Waals surface area (Å²) in [7, 11) is 0. The van der Waals surface area contributed by atoms with Crippen LogP contribution in [-0.2, 0) is 9.53 Å². The number of rotatable bonds is 4. The average molecular weight is 367 g/mol. The van der Waals surface area contributed by atoms with Gasteiger partial charge in [-0.25, -0.2) is 9.78 Å². The van der Waals surface area contributed by atoms with Crippen molar-refractivity contribution < 1.29 is 23.8 Å². The maximum Gasteiger partial charge on any atom is 0.338 e. The van der Waals surface area contributed by atoms with E-state index in [0.717, 1.165) is 11.0 Å². The molecule has 1 atom stereocenters. The molecule has 1 amide bonds. The van der Waals surface area contributed by atoms with Gasteiger partial charge in [0.2, 0.25) is 0 Å². The summed E-state index contributed by atoms with van der Waals surface area (Å²) >= 11 is 0. The fourth-order valence-corrected chi connectivity index (χ4v) is 2.71. The van der Waals surface area contributed by atoms with Crippen LogP contribution in [0.2, 0.25) is 0 Å². The van der Waals surface area contributed by atoms with Crippen LogP contribution in [0.1, 0.15) is 17.3 Å². The number of amides is 1. The van der Waals surface area contributed by atoms with E-state index < -0.39 is 18.0 Å². The molecule has 2 heterocycles. The molecule has 27 heavy (non-hydrogen) atoms. The summed E-state index contributed by atoms with van der Waals surface area (Å²) in [4.78, 5) is 31.7. The predicted octanol–water partition coefficient (Wildman–Crippen LogP) is 2.52. The molecule has 8 nitrogen and oxygen atoms in total. The highest BCUT2D eigenvalue weighted by molar-refractivity contribution is 5.98. The average Bonchev–Trinajstić information content (AvgIpc) is 3.15. The number of esters is 1. The lowest BCUT2D eigenvalue weighted by atomic mass is 10.2. The minimum atomic E-state index is -0.969. The Labute approximate surface area is 154 Å². The summed E-state index contributed by atoms with van der Waals surface area (Å²) in [6.07, 6.45) is 0.576. The smallest absolute Gasteiger partial charge is 0.338 e. The summed E-state index contributed by atoms with van der Waals surface area (Å²) in [6.45, 7) is 2.47. The highest BCUT2D eigenvalue weighted by Crippen LogP contribution is 2.32. The second kappa shape index (κ2) is 6.99. The van der Waals surface area contributed by atoms with Crippen molar-refractivity contribution in [3.8, 4) is 11.5 Å². The van der Waals surface area contributed by atoms with Crippen molar-refractivity contribution in [2.45, 2.75) is 13.0 Å². The number of carbonyl (C=O) groups is 2. The van der Waals surface area contributed by atoms with Crippen LogP contribution in [-0.4, -0.2) is 41.2 Å². The molecule has 0 saturated heterocycles. The topological polar surface area (TPSA) is 103 Å². The highest BCUT2D eigenvalue weighted by Gasteiger charge is 2.20. The molecule has 1 aromatic heterocycles. The largest absolute Gasteiger partial charge is 0.486 e. The zero-order chi connectivity index (χ0) is 18.8. The van der Waals surface area contributed by atoms with Crippen LogP contribution in [0.4, 0.5) is 5.69 Å². The van der Waals surface area contributed by atoms with E-state index in [9.17, 15) is 9.59 Å². The molecule has 1 unspecified atom stereocenters. The van der Waals surface area contributed by atoms with Crippen LogP contribution in [0.15, 0.2) is 42.7 Å². The minimum absolute atomic E-state index is 0.339. The van der Waals surface area contributed by atoms with Gasteiger partial charge in [-0.15, -0.1) is 0 Å². The molecule has 2 N–H and O–H groups in total. The second-order valence-electron chi connectivity index (χ2n) is 6.03. The lowest BCUT2D eigenvalue weighted by Gasteiger charge is -2.19. The van der Waals surface area contributed by atoms with Crippen molar-refractivity contribution in [1.29, 1.82) is 0 Å². The molecule has 8 heteroatoms. The summed E-state index contributed by atoms with van der Waals surface area (Å²) < 4.78 is 16.2. The lowest BCUT2D eigenvalue weighted by Crippen LogP contribution is -2.30. The Kier molecular flexibility index (Phi) is 4.37. The van der Waals surface area contributed by atoms with E-state index in [1.54, 1.807) is 42.7 Å². The summed E-state index contributed by atoms with van der Waals surface area (Å²) in [6, 6.07) is 10.1. The first-order chi connectivity index (χ1) is 13.1. The van der Waals surface area contributed by atoms with Crippen molar-refractivity contribution in [2.24, 2.45) is 0 Å². The van der Waals surface area contributed by atoms with Crippen LogP contribution in [0.3, 0.4) is 0 Å². The summed E-state index contributed by atoms with van der Waals surface area (Å²) in [5, 5.41) is 2.71. The van der Waals surface area contributed by atoms with Gasteiger partial charge in [0.15, 0.2) is 17.6 Å². The van der Waals surface area contributed by atoms with E-state index in [0.29, 0.717) is 36.0 Å². The Balaban J connectivity index is 1.40. The Morgan fingerprint density at radius 1 is 1.15 bits per heavy atom. The van der Waals surface area contributed by atoms with E-state index in [1.807, 2.05) is 0 Å². The summed E-state index contributed by atoms with van der Waals surface area (Å²) in [5.74, 6) is 0.170. The Hall–Kier alpha value is -3.55. The number of aromatic nitrogens is 2. The van der Waals surface area contributed by atoms with Gasteiger partial charge >= 0.3 is 5.97 Å². The number of imidazole rings is 1. The molecule has 0 fully saturated rings. The molecule has 1 aliphatic rings. The number of nitrogens with zero attached hydrogens (tertiary/aromatic N) is 1. The minimum Gasteiger partial charge on any atom is -0.486 e. The molecular weight excluding hydrogens is 350 g/mol. The van der Waals surface area contributed by atoms with Crippen LogP contribution in [0.5, 0.6) is 11.5 Å². The van der Waals surface area contributed by atoms with E-state index in [-0.39, 0.29) is 0 Å². The van der Waals surface area contributed by atoms with Crippen molar-refractivity contribution >= 4 is 28.6 Å².